The van der Waals surface area contributed by atoms with Crippen LogP contribution in [0.5, 0.6) is 0 Å². The molecule has 33 heavy (non-hydrogen) atoms. The van der Waals surface area contributed by atoms with E-state index in [2.05, 4.69) is 9.47 Å². The van der Waals surface area contributed by atoms with Gasteiger partial charge in [0.1, 0.15) is 11.2 Å². The number of alkyl halides is 10. The summed E-state index contributed by atoms with van der Waals surface area (Å²) in [6, 6.07) is 0. The zero-order chi connectivity index (χ0) is 27.3. The molecule has 2 unspecified atom stereocenters. The van der Waals surface area contributed by atoms with Gasteiger partial charge >= 0.3 is 48.9 Å². The molecule has 0 bridgehead atoms. The molecule has 0 aliphatic rings. The highest BCUT2D eigenvalue weighted by Crippen LogP contribution is 2.54. The van der Waals surface area contributed by atoms with Gasteiger partial charge in [0.05, 0.1) is 0 Å². The average molecular weight is 556 g/mol. The Morgan fingerprint density at radius 2 is 0.818 bits per heavy atom. The summed E-state index contributed by atoms with van der Waals surface area (Å²) >= 11 is 0. The van der Waals surface area contributed by atoms with Gasteiger partial charge in [-0.25, -0.2) is 8.78 Å². The average Bonchev–Trinajstić information content (AvgIpc) is 2.58. The highest BCUT2D eigenvalue weighted by atomic mass is 32.2. The van der Waals surface area contributed by atoms with Crippen molar-refractivity contribution in [3.05, 3.63) is 0 Å². The van der Waals surface area contributed by atoms with E-state index in [-0.39, 0.29) is 13.8 Å². The number of rotatable bonds is 12. The smallest absolute Gasteiger partial charge is 0.302 e. The quantitative estimate of drug-likeness (QED) is 0.271. The number of halogens is 10. The minimum Gasteiger partial charge on any atom is -0.302 e. The minimum absolute atomic E-state index is 0.128. The van der Waals surface area contributed by atoms with Crippen LogP contribution in [0, 0.1) is 0 Å². The molecule has 2 N–H and O–H groups in total. The lowest BCUT2D eigenvalue weighted by atomic mass is 9.80. The predicted octanol–water partition coefficient (Wildman–Crippen LogP) is 4.14. The first-order chi connectivity index (χ1) is 14.0. The number of hydrogen-bond donors (Lipinski definition) is 2. The Morgan fingerprint density at radius 1 is 0.606 bits per heavy atom. The number of ether oxygens (including phenoxy) is 2. The summed E-state index contributed by atoms with van der Waals surface area (Å²) in [6.07, 6.45) is -15.9. The van der Waals surface area contributed by atoms with Crippen LogP contribution in [0.4, 0.5) is 43.9 Å². The molecule has 200 valence electrons. The first-order valence-electron chi connectivity index (χ1n) is 8.27. The molecular formula is C13H18F10O8S2. The van der Waals surface area contributed by atoms with Crippen molar-refractivity contribution in [1.29, 1.82) is 0 Å². The maximum Gasteiger partial charge on any atom is 0.459 e. The van der Waals surface area contributed by atoms with Crippen LogP contribution in [-0.4, -0.2) is 65.8 Å². The fourth-order valence-corrected chi connectivity index (χ4v) is 2.94. The molecule has 0 aliphatic heterocycles. The van der Waals surface area contributed by atoms with Gasteiger partial charge in [-0.2, -0.15) is 52.0 Å². The number of hydrogen-bond acceptors (Lipinski definition) is 6. The molecule has 0 spiro atoms. The first-order valence-corrected chi connectivity index (χ1v) is 11.1. The van der Waals surface area contributed by atoms with Gasteiger partial charge in [0.25, 0.3) is 0 Å². The Bertz CT molecular complexity index is 863. The SMILES string of the molecule is CCC(C)(OC(F)(F)C(F)(F)S(=O)(=O)O)C(F)(F)C(C)(CC)OC(F)(F)C(F)(F)S(=O)(=O)O. The second kappa shape index (κ2) is 8.61. The fraction of sp³-hybridized carbons (Fsp3) is 1.00. The van der Waals surface area contributed by atoms with Gasteiger partial charge in [-0.15, -0.1) is 0 Å². The first kappa shape index (κ1) is 32.0. The minimum atomic E-state index is -6.99. The third-order valence-corrected chi connectivity index (χ3v) is 6.48. The topological polar surface area (TPSA) is 127 Å². The second-order valence-corrected chi connectivity index (χ2v) is 9.89. The van der Waals surface area contributed by atoms with Crippen molar-refractivity contribution in [2.24, 2.45) is 0 Å². The Hall–Kier alpha value is -0.960. The van der Waals surface area contributed by atoms with Crippen molar-refractivity contribution in [2.75, 3.05) is 0 Å². The summed E-state index contributed by atoms with van der Waals surface area (Å²) in [5, 5.41) is -13.1. The van der Waals surface area contributed by atoms with Crippen molar-refractivity contribution in [3.8, 4) is 0 Å². The maximum absolute atomic E-state index is 15.1. The fourth-order valence-electron chi connectivity index (χ4n) is 2.26. The predicted molar refractivity (Wildman–Crippen MR) is 87.4 cm³/mol. The third kappa shape index (κ3) is 5.19. The van der Waals surface area contributed by atoms with Crippen LogP contribution in [0.1, 0.15) is 40.5 Å². The van der Waals surface area contributed by atoms with E-state index in [0.29, 0.717) is 13.8 Å². The highest BCUT2D eigenvalue weighted by Gasteiger charge is 2.76. The van der Waals surface area contributed by atoms with Gasteiger partial charge in [-0.1, -0.05) is 13.8 Å². The molecule has 0 fully saturated rings. The molecule has 0 amide bonds. The Balaban J connectivity index is 6.67. The van der Waals surface area contributed by atoms with Crippen molar-refractivity contribution < 1.29 is 79.3 Å². The zero-order valence-corrected chi connectivity index (χ0v) is 18.5. The van der Waals surface area contributed by atoms with E-state index in [1.807, 2.05) is 0 Å². The van der Waals surface area contributed by atoms with E-state index >= 15 is 8.78 Å². The molecule has 8 nitrogen and oxygen atoms in total. The van der Waals surface area contributed by atoms with Gasteiger partial charge in [0.15, 0.2) is 0 Å². The van der Waals surface area contributed by atoms with Gasteiger partial charge in [0.2, 0.25) is 0 Å². The molecule has 2 atom stereocenters. The van der Waals surface area contributed by atoms with Crippen molar-refractivity contribution in [2.45, 2.75) is 80.4 Å². The van der Waals surface area contributed by atoms with Crippen LogP contribution >= 0.6 is 0 Å². The van der Waals surface area contributed by atoms with Crippen molar-refractivity contribution in [1.82, 2.24) is 0 Å². The van der Waals surface area contributed by atoms with Gasteiger partial charge in [-0.3, -0.25) is 9.11 Å². The Morgan fingerprint density at radius 3 is 0.970 bits per heavy atom. The summed E-state index contributed by atoms with van der Waals surface area (Å²) in [7, 11) is -14.0. The van der Waals surface area contributed by atoms with Gasteiger partial charge < -0.3 is 9.47 Å². The van der Waals surface area contributed by atoms with Gasteiger partial charge in [-0.05, 0) is 26.7 Å². The van der Waals surface area contributed by atoms with Crippen LogP contribution in [0.15, 0.2) is 0 Å². The molecule has 20 heteroatoms. The van der Waals surface area contributed by atoms with Crippen molar-refractivity contribution >= 4 is 20.2 Å². The highest BCUT2D eigenvalue weighted by molar-refractivity contribution is 7.87. The lowest BCUT2D eigenvalue weighted by Crippen LogP contribution is -2.67. The van der Waals surface area contributed by atoms with Crippen LogP contribution in [0.3, 0.4) is 0 Å². The van der Waals surface area contributed by atoms with Crippen LogP contribution in [0.2, 0.25) is 0 Å². The molecule has 0 rings (SSSR count). The Kier molecular flexibility index (Phi) is 8.36. The largest absolute Gasteiger partial charge is 0.459 e. The van der Waals surface area contributed by atoms with E-state index < -0.39 is 72.9 Å². The lowest BCUT2D eigenvalue weighted by Gasteiger charge is -2.48. The molecule has 0 radical (unpaired) electrons. The standard InChI is InChI=1S/C13H18F10O8S2/c1-5-7(3,30-10(16,17)12(20,21)32(24,25)26)9(14,15)8(4,6-2)31-11(18,19)13(22,23)33(27,28)29/h5-6H2,1-4H3,(H,24,25,26)(H,27,28,29). The molecule has 0 saturated heterocycles. The van der Waals surface area contributed by atoms with Crippen LogP contribution in [0.25, 0.3) is 0 Å². The molecule has 0 aromatic carbocycles. The van der Waals surface area contributed by atoms with Crippen LogP contribution in [-0.2, 0) is 29.7 Å². The van der Waals surface area contributed by atoms with E-state index in [1.54, 1.807) is 0 Å². The molecule has 0 saturated carbocycles. The van der Waals surface area contributed by atoms with Gasteiger partial charge in [0, 0.05) is 0 Å². The van der Waals surface area contributed by atoms with Crippen molar-refractivity contribution in [3.63, 3.8) is 0 Å². The second-order valence-electron chi connectivity index (χ2n) is 6.96. The lowest BCUT2D eigenvalue weighted by molar-refractivity contribution is -0.430. The zero-order valence-electron chi connectivity index (χ0n) is 16.9. The molecule has 0 heterocycles. The summed E-state index contributed by atoms with van der Waals surface area (Å²) in [5.74, 6) is -5.42. The summed E-state index contributed by atoms with van der Waals surface area (Å²) < 4.78 is 204. The van der Waals surface area contributed by atoms with E-state index in [4.69, 9.17) is 9.11 Å². The monoisotopic (exact) mass is 556 g/mol. The molecular weight excluding hydrogens is 538 g/mol. The summed E-state index contributed by atoms with van der Waals surface area (Å²) in [4.78, 5) is 0. The molecule has 0 aromatic rings. The summed E-state index contributed by atoms with van der Waals surface area (Å²) in [6.45, 7) is 0.793. The summed E-state index contributed by atoms with van der Waals surface area (Å²) in [5.41, 5.74) is -8.20. The molecule has 0 aliphatic carbocycles. The van der Waals surface area contributed by atoms with E-state index in [9.17, 15) is 52.0 Å². The van der Waals surface area contributed by atoms with Crippen LogP contribution < -0.4 is 0 Å². The third-order valence-electron chi connectivity index (χ3n) is 4.71. The normalized spacial score (nSPS) is 19.2. The molecule has 0 aromatic heterocycles. The Labute approximate surface area is 180 Å². The van der Waals surface area contributed by atoms with E-state index in [0.717, 1.165) is 0 Å². The maximum atomic E-state index is 15.1. The van der Waals surface area contributed by atoms with E-state index in [1.165, 1.54) is 0 Å².